The van der Waals surface area contributed by atoms with Gasteiger partial charge in [-0.3, -0.25) is 4.79 Å². The molecule has 194 valence electrons. The van der Waals surface area contributed by atoms with Crippen LogP contribution in [0.1, 0.15) is 40.1 Å². The zero-order valence-corrected chi connectivity index (χ0v) is 19.3. The van der Waals surface area contributed by atoms with Gasteiger partial charge in [0.05, 0.1) is 17.9 Å². The topological polar surface area (TPSA) is 150 Å². The Kier molecular flexibility index (Phi) is 6.81. The van der Waals surface area contributed by atoms with Crippen LogP contribution in [0.2, 0.25) is 0 Å². The Hall–Kier alpha value is -4.52. The van der Waals surface area contributed by atoms with Gasteiger partial charge in [0.2, 0.25) is 0 Å². The first-order valence-electron chi connectivity index (χ1n) is 11.0. The molecule has 10 nitrogen and oxygen atoms in total. The highest BCUT2D eigenvalue weighted by molar-refractivity contribution is 6.05. The zero-order chi connectivity index (χ0) is 26.9. The number of halogens is 3. The standard InChI is InChI=1S/C24H22F3N5O5/c1-2-15-13(11-33)4-3-5-17(15)30-18-16(20(28)35)10-29-21-19(18)32(37-23(36)24(25,26)27)22(31-21)12-6-8-14(34)9-7-12/h3-10,22,33-34H,2,11H2,1H3,(H2,28,35)(H2,29,30,31). The van der Waals surface area contributed by atoms with Gasteiger partial charge in [-0.15, -0.1) is 0 Å². The van der Waals surface area contributed by atoms with Crippen LogP contribution >= 0.6 is 0 Å². The summed E-state index contributed by atoms with van der Waals surface area (Å²) in [5.74, 6) is -3.54. The number of anilines is 4. The monoisotopic (exact) mass is 517 g/mol. The SMILES string of the molecule is CCc1c(CO)cccc1Nc1c(C(N)=O)cnc2c1N(OC(=O)C(F)(F)F)C(c1ccc(O)cc1)N2. The van der Waals surface area contributed by atoms with Crippen molar-refractivity contribution in [1.82, 2.24) is 4.98 Å². The van der Waals surface area contributed by atoms with Gasteiger partial charge in [0.1, 0.15) is 11.4 Å². The van der Waals surface area contributed by atoms with Crippen molar-refractivity contribution in [3.8, 4) is 5.75 Å². The minimum Gasteiger partial charge on any atom is -0.508 e. The van der Waals surface area contributed by atoms with E-state index in [1.807, 2.05) is 6.92 Å². The summed E-state index contributed by atoms with van der Waals surface area (Å²) in [6.45, 7) is 1.57. The number of rotatable bonds is 7. The van der Waals surface area contributed by atoms with Gasteiger partial charge in [0.25, 0.3) is 5.91 Å². The Morgan fingerprint density at radius 2 is 1.92 bits per heavy atom. The molecule has 4 rings (SSSR count). The highest BCUT2D eigenvalue weighted by Crippen LogP contribution is 2.48. The lowest BCUT2D eigenvalue weighted by atomic mass is 10.0. The second-order valence-corrected chi connectivity index (χ2v) is 8.03. The Morgan fingerprint density at radius 1 is 1.22 bits per heavy atom. The number of phenolic OH excluding ortho intramolecular Hbond substituents is 1. The fourth-order valence-corrected chi connectivity index (χ4v) is 4.02. The normalized spacial score (nSPS) is 14.6. The number of amides is 1. The van der Waals surface area contributed by atoms with Crippen LogP contribution in [0.5, 0.6) is 5.75 Å². The van der Waals surface area contributed by atoms with E-state index in [-0.39, 0.29) is 35.1 Å². The molecule has 2 heterocycles. The third-order valence-corrected chi connectivity index (χ3v) is 5.73. The van der Waals surface area contributed by atoms with Gasteiger partial charge in [-0.25, -0.2) is 9.78 Å². The number of benzene rings is 2. The molecule has 0 aliphatic carbocycles. The number of phenols is 1. The molecular formula is C24H22F3N5O5. The molecule has 1 amide bonds. The van der Waals surface area contributed by atoms with Crippen molar-refractivity contribution >= 4 is 34.8 Å². The summed E-state index contributed by atoms with van der Waals surface area (Å²) < 4.78 is 39.6. The van der Waals surface area contributed by atoms with E-state index < -0.39 is 24.2 Å². The van der Waals surface area contributed by atoms with Crippen molar-refractivity contribution in [1.29, 1.82) is 0 Å². The molecule has 1 aromatic heterocycles. The van der Waals surface area contributed by atoms with E-state index in [0.717, 1.165) is 6.20 Å². The summed E-state index contributed by atoms with van der Waals surface area (Å²) in [7, 11) is 0. The van der Waals surface area contributed by atoms with Crippen LogP contribution < -0.4 is 21.4 Å². The van der Waals surface area contributed by atoms with E-state index in [2.05, 4.69) is 15.6 Å². The van der Waals surface area contributed by atoms with Crippen LogP contribution in [0.4, 0.5) is 36.1 Å². The number of hydroxylamine groups is 1. The lowest BCUT2D eigenvalue weighted by Crippen LogP contribution is -2.37. The van der Waals surface area contributed by atoms with E-state index >= 15 is 0 Å². The molecule has 1 unspecified atom stereocenters. The molecular weight excluding hydrogens is 495 g/mol. The van der Waals surface area contributed by atoms with Crippen LogP contribution in [-0.2, 0) is 22.7 Å². The maximum Gasteiger partial charge on any atom is 0.493 e. The minimum absolute atomic E-state index is 0.00286. The fourth-order valence-electron chi connectivity index (χ4n) is 4.02. The molecule has 0 bridgehead atoms. The number of aromatic hydroxyl groups is 1. The van der Waals surface area contributed by atoms with Crippen LogP contribution in [0.3, 0.4) is 0 Å². The van der Waals surface area contributed by atoms with Gasteiger partial charge in [0.15, 0.2) is 12.0 Å². The van der Waals surface area contributed by atoms with Gasteiger partial charge in [-0.1, -0.05) is 31.2 Å². The number of aliphatic hydroxyl groups excluding tert-OH is 1. The smallest absolute Gasteiger partial charge is 0.493 e. The quantitative estimate of drug-likeness (QED) is 0.317. The van der Waals surface area contributed by atoms with Gasteiger partial charge in [-0.05, 0) is 41.3 Å². The molecule has 0 spiro atoms. The van der Waals surface area contributed by atoms with E-state index in [9.17, 15) is 33.0 Å². The highest BCUT2D eigenvalue weighted by Gasteiger charge is 2.46. The second-order valence-electron chi connectivity index (χ2n) is 8.03. The van der Waals surface area contributed by atoms with Gasteiger partial charge >= 0.3 is 12.1 Å². The maximum atomic E-state index is 13.2. The first-order chi connectivity index (χ1) is 17.5. The maximum absolute atomic E-state index is 13.2. The number of carbonyl (C=O) groups excluding carboxylic acids is 2. The molecule has 0 fully saturated rings. The summed E-state index contributed by atoms with van der Waals surface area (Å²) in [5, 5.41) is 25.9. The molecule has 3 aromatic rings. The predicted molar refractivity (Wildman–Crippen MR) is 127 cm³/mol. The zero-order valence-electron chi connectivity index (χ0n) is 19.3. The van der Waals surface area contributed by atoms with Crippen LogP contribution in [0.15, 0.2) is 48.7 Å². The molecule has 2 aromatic carbocycles. The Labute approximate surface area is 208 Å². The van der Waals surface area contributed by atoms with Crippen LogP contribution in [-0.4, -0.2) is 33.2 Å². The number of carbonyl (C=O) groups is 2. The number of alkyl halides is 3. The molecule has 0 saturated carbocycles. The lowest BCUT2D eigenvalue weighted by molar-refractivity contribution is -0.201. The Bertz CT molecular complexity index is 1350. The number of hydrogen-bond acceptors (Lipinski definition) is 9. The van der Waals surface area contributed by atoms with Crippen LogP contribution in [0, 0.1) is 0 Å². The van der Waals surface area contributed by atoms with E-state index in [1.54, 1.807) is 18.2 Å². The fraction of sp³-hybridized carbons (Fsp3) is 0.208. The number of nitrogens with one attached hydrogen (secondary N) is 2. The number of nitrogens with zero attached hydrogens (tertiary/aromatic N) is 2. The Balaban J connectivity index is 1.90. The number of aromatic nitrogens is 1. The lowest BCUT2D eigenvalue weighted by Gasteiger charge is -2.27. The summed E-state index contributed by atoms with van der Waals surface area (Å²) in [6, 6.07) is 10.4. The molecule has 0 radical (unpaired) electrons. The largest absolute Gasteiger partial charge is 0.508 e. The van der Waals surface area contributed by atoms with E-state index in [0.29, 0.717) is 33.9 Å². The first-order valence-corrected chi connectivity index (χ1v) is 11.0. The number of primary amides is 1. The van der Waals surface area contributed by atoms with Gasteiger partial charge in [0, 0.05) is 11.9 Å². The minimum atomic E-state index is -5.32. The molecule has 13 heteroatoms. The number of fused-ring (bicyclic) bond motifs is 1. The highest BCUT2D eigenvalue weighted by atomic mass is 19.4. The van der Waals surface area contributed by atoms with Gasteiger partial charge < -0.3 is 31.4 Å². The van der Waals surface area contributed by atoms with Gasteiger partial charge in [-0.2, -0.15) is 18.2 Å². The average Bonchev–Trinajstić information content (AvgIpc) is 3.22. The summed E-state index contributed by atoms with van der Waals surface area (Å²) >= 11 is 0. The van der Waals surface area contributed by atoms with Crippen molar-refractivity contribution < 1.29 is 37.8 Å². The van der Waals surface area contributed by atoms with Crippen molar-refractivity contribution in [2.24, 2.45) is 5.73 Å². The second kappa shape index (κ2) is 9.85. The summed E-state index contributed by atoms with van der Waals surface area (Å²) in [4.78, 5) is 33.1. The molecule has 0 saturated heterocycles. The van der Waals surface area contributed by atoms with E-state index in [1.165, 1.54) is 24.3 Å². The number of aliphatic hydroxyl groups is 1. The molecule has 1 aliphatic heterocycles. The molecule has 37 heavy (non-hydrogen) atoms. The predicted octanol–water partition coefficient (Wildman–Crippen LogP) is 3.64. The molecule has 1 atom stereocenters. The third-order valence-electron chi connectivity index (χ3n) is 5.73. The Morgan fingerprint density at radius 3 is 2.51 bits per heavy atom. The third kappa shape index (κ3) is 4.93. The van der Waals surface area contributed by atoms with Crippen molar-refractivity contribution in [3.05, 3.63) is 70.9 Å². The summed E-state index contributed by atoms with van der Waals surface area (Å²) in [6.07, 6.45) is -4.91. The van der Waals surface area contributed by atoms with Crippen LogP contribution in [0.25, 0.3) is 0 Å². The average molecular weight is 517 g/mol. The van der Waals surface area contributed by atoms with Crippen molar-refractivity contribution in [2.45, 2.75) is 32.3 Å². The first kappa shape index (κ1) is 25.6. The van der Waals surface area contributed by atoms with E-state index in [4.69, 9.17) is 10.6 Å². The summed E-state index contributed by atoms with van der Waals surface area (Å²) in [5.41, 5.74) is 7.17. The number of nitrogens with two attached hydrogens (primary N) is 1. The number of hydrogen-bond donors (Lipinski definition) is 5. The van der Waals surface area contributed by atoms with Crippen molar-refractivity contribution in [3.63, 3.8) is 0 Å². The number of pyridine rings is 1. The molecule has 1 aliphatic rings. The van der Waals surface area contributed by atoms with Crippen molar-refractivity contribution in [2.75, 3.05) is 15.7 Å². The molecule has 6 N–H and O–H groups in total.